The Labute approximate surface area is 87.8 Å². The fourth-order valence-corrected chi connectivity index (χ4v) is 2.06. The predicted molar refractivity (Wildman–Crippen MR) is 56.4 cm³/mol. The number of aromatic nitrogens is 3. The largest absolute Gasteiger partial charge is 0.392 e. The van der Waals surface area contributed by atoms with E-state index in [4.69, 9.17) is 4.84 Å². The normalized spacial score (nSPS) is 17.3. The highest BCUT2D eigenvalue weighted by atomic mass is 16.7. The second-order valence-electron chi connectivity index (χ2n) is 3.96. The van der Waals surface area contributed by atoms with Crippen molar-refractivity contribution in [3.05, 3.63) is 24.3 Å². The second-order valence-corrected chi connectivity index (χ2v) is 3.96. The van der Waals surface area contributed by atoms with Gasteiger partial charge in [0.05, 0.1) is 0 Å². The number of hydrogen-bond acceptors (Lipinski definition) is 3. The monoisotopic (exact) mass is 203 g/mol. The van der Waals surface area contributed by atoms with Crippen LogP contribution in [0.3, 0.4) is 0 Å². The van der Waals surface area contributed by atoms with Gasteiger partial charge in [-0.25, -0.2) is 0 Å². The van der Waals surface area contributed by atoms with Crippen molar-refractivity contribution in [3.8, 4) is 0 Å². The number of para-hydroxylation sites is 1. The summed E-state index contributed by atoms with van der Waals surface area (Å²) in [4.78, 5) is 7.33. The summed E-state index contributed by atoms with van der Waals surface area (Å²) >= 11 is 0. The van der Waals surface area contributed by atoms with E-state index in [2.05, 4.69) is 10.3 Å². The molecular formula is C11H13N3O. The van der Waals surface area contributed by atoms with Crippen LogP contribution in [-0.4, -0.2) is 21.3 Å². The topological polar surface area (TPSA) is 39.9 Å². The number of hydrogen-bond donors (Lipinski definition) is 0. The van der Waals surface area contributed by atoms with E-state index in [1.54, 1.807) is 4.85 Å². The Bertz CT molecular complexity index is 460. The minimum atomic E-state index is 0.315. The summed E-state index contributed by atoms with van der Waals surface area (Å²) in [6.45, 7) is 0. The van der Waals surface area contributed by atoms with E-state index in [1.165, 1.54) is 12.8 Å². The molecule has 3 rings (SSSR count). The molecular weight excluding hydrogens is 190 g/mol. The first-order chi connectivity index (χ1) is 7.43. The van der Waals surface area contributed by atoms with Crippen molar-refractivity contribution in [1.82, 2.24) is 15.2 Å². The van der Waals surface area contributed by atoms with Crippen molar-refractivity contribution in [2.24, 2.45) is 0 Å². The molecule has 0 bridgehead atoms. The van der Waals surface area contributed by atoms with Gasteiger partial charge in [-0.3, -0.25) is 0 Å². The zero-order chi connectivity index (χ0) is 10.1. The fraction of sp³-hybridized carbons (Fsp3) is 0.455. The molecule has 1 aliphatic rings. The molecule has 0 aliphatic heterocycles. The molecule has 0 atom stereocenters. The lowest BCUT2D eigenvalue weighted by atomic mass is 10.3. The highest BCUT2D eigenvalue weighted by Gasteiger charge is 2.18. The number of nitrogens with zero attached hydrogens (tertiary/aromatic N) is 3. The first kappa shape index (κ1) is 8.71. The number of fused-ring (bicyclic) bond motifs is 1. The molecule has 0 amide bonds. The molecule has 1 aromatic heterocycles. The van der Waals surface area contributed by atoms with E-state index < -0.39 is 0 Å². The molecule has 1 aromatic carbocycles. The van der Waals surface area contributed by atoms with E-state index in [1.807, 2.05) is 24.3 Å². The first-order valence-corrected chi connectivity index (χ1v) is 5.41. The smallest absolute Gasteiger partial charge is 0.130 e. The van der Waals surface area contributed by atoms with Crippen LogP contribution in [0.1, 0.15) is 25.7 Å². The minimum absolute atomic E-state index is 0.315. The molecule has 2 aromatic rings. The quantitative estimate of drug-likeness (QED) is 0.747. The molecule has 15 heavy (non-hydrogen) atoms. The van der Waals surface area contributed by atoms with Gasteiger partial charge in [-0.15, -0.1) is 5.10 Å². The molecule has 0 saturated heterocycles. The zero-order valence-corrected chi connectivity index (χ0v) is 8.47. The Hall–Kier alpha value is -1.58. The van der Waals surface area contributed by atoms with Crippen LogP contribution >= 0.6 is 0 Å². The number of benzene rings is 1. The van der Waals surface area contributed by atoms with Gasteiger partial charge < -0.3 is 4.84 Å². The molecule has 4 heteroatoms. The second kappa shape index (κ2) is 3.53. The first-order valence-electron chi connectivity index (χ1n) is 5.41. The summed E-state index contributed by atoms with van der Waals surface area (Å²) in [5.41, 5.74) is 1.83. The summed E-state index contributed by atoms with van der Waals surface area (Å²) in [5.74, 6) is 0. The molecule has 78 valence electrons. The van der Waals surface area contributed by atoms with E-state index in [-0.39, 0.29) is 0 Å². The average molecular weight is 203 g/mol. The van der Waals surface area contributed by atoms with Gasteiger partial charge in [0.15, 0.2) is 0 Å². The molecule has 0 unspecified atom stereocenters. The molecule has 4 nitrogen and oxygen atoms in total. The number of rotatable bonds is 2. The Morgan fingerprint density at radius 2 is 2.00 bits per heavy atom. The molecule has 1 saturated carbocycles. The Balaban J connectivity index is 1.90. The third kappa shape index (κ3) is 1.56. The Morgan fingerprint density at radius 3 is 2.87 bits per heavy atom. The van der Waals surface area contributed by atoms with Crippen LogP contribution in [0, 0.1) is 0 Å². The van der Waals surface area contributed by atoms with E-state index in [0.717, 1.165) is 23.9 Å². The van der Waals surface area contributed by atoms with Gasteiger partial charge in [0.25, 0.3) is 0 Å². The van der Waals surface area contributed by atoms with Gasteiger partial charge in [-0.2, -0.15) is 0 Å². The molecule has 1 aliphatic carbocycles. The van der Waals surface area contributed by atoms with Crippen molar-refractivity contribution in [1.29, 1.82) is 0 Å². The standard InChI is InChI=1S/C11H13N3O/c1-2-6-9(5-1)15-14-11-8-4-3-7-10(11)12-13-14/h3-4,7-9H,1-2,5-6H2. The molecule has 0 radical (unpaired) electrons. The van der Waals surface area contributed by atoms with Crippen molar-refractivity contribution in [2.75, 3.05) is 0 Å². The molecule has 0 spiro atoms. The summed E-state index contributed by atoms with van der Waals surface area (Å²) in [7, 11) is 0. The maximum absolute atomic E-state index is 5.77. The highest BCUT2D eigenvalue weighted by Crippen LogP contribution is 2.19. The maximum atomic E-state index is 5.77. The maximum Gasteiger partial charge on any atom is 0.130 e. The van der Waals surface area contributed by atoms with Gasteiger partial charge in [-0.1, -0.05) is 17.0 Å². The summed E-state index contributed by atoms with van der Waals surface area (Å²) in [6, 6.07) is 7.85. The average Bonchev–Trinajstić information content (AvgIpc) is 2.89. The van der Waals surface area contributed by atoms with Gasteiger partial charge in [0.2, 0.25) is 0 Å². The van der Waals surface area contributed by atoms with Gasteiger partial charge >= 0.3 is 0 Å². The van der Waals surface area contributed by atoms with Crippen molar-refractivity contribution >= 4 is 11.0 Å². The molecule has 0 N–H and O–H groups in total. The summed E-state index contributed by atoms with van der Waals surface area (Å²) in [6.07, 6.45) is 5.10. The highest BCUT2D eigenvalue weighted by molar-refractivity contribution is 5.73. The SMILES string of the molecule is c1ccc2c(c1)nnn2OC1CCCC1. The van der Waals surface area contributed by atoms with Crippen LogP contribution in [0.5, 0.6) is 0 Å². The summed E-state index contributed by atoms with van der Waals surface area (Å²) < 4.78 is 0. The lowest BCUT2D eigenvalue weighted by Crippen LogP contribution is -2.23. The van der Waals surface area contributed by atoms with E-state index in [0.29, 0.717) is 6.10 Å². The van der Waals surface area contributed by atoms with Crippen molar-refractivity contribution in [3.63, 3.8) is 0 Å². The van der Waals surface area contributed by atoms with E-state index >= 15 is 0 Å². The van der Waals surface area contributed by atoms with Crippen molar-refractivity contribution < 1.29 is 4.84 Å². The van der Waals surface area contributed by atoms with Gasteiger partial charge in [0, 0.05) is 0 Å². The third-order valence-corrected chi connectivity index (χ3v) is 2.87. The van der Waals surface area contributed by atoms with Crippen LogP contribution in [0.2, 0.25) is 0 Å². The van der Waals surface area contributed by atoms with Crippen LogP contribution in [0.25, 0.3) is 11.0 Å². The Kier molecular flexibility index (Phi) is 2.05. The van der Waals surface area contributed by atoms with E-state index in [9.17, 15) is 0 Å². The van der Waals surface area contributed by atoms with Crippen molar-refractivity contribution in [2.45, 2.75) is 31.8 Å². The minimum Gasteiger partial charge on any atom is -0.392 e. The zero-order valence-electron chi connectivity index (χ0n) is 8.47. The lowest BCUT2D eigenvalue weighted by molar-refractivity contribution is 0.0239. The third-order valence-electron chi connectivity index (χ3n) is 2.87. The molecule has 1 fully saturated rings. The van der Waals surface area contributed by atoms with Gasteiger partial charge in [0.1, 0.15) is 17.1 Å². The summed E-state index contributed by atoms with van der Waals surface area (Å²) in [5, 5.41) is 8.05. The molecule has 1 heterocycles. The van der Waals surface area contributed by atoms with Crippen LogP contribution in [-0.2, 0) is 0 Å². The van der Waals surface area contributed by atoms with Crippen LogP contribution in [0.4, 0.5) is 0 Å². The predicted octanol–water partition coefficient (Wildman–Crippen LogP) is 1.80. The van der Waals surface area contributed by atoms with Crippen LogP contribution in [0.15, 0.2) is 24.3 Å². The lowest BCUT2D eigenvalue weighted by Gasteiger charge is -2.11. The fourth-order valence-electron chi connectivity index (χ4n) is 2.06. The van der Waals surface area contributed by atoms with Crippen LogP contribution < -0.4 is 4.84 Å². The van der Waals surface area contributed by atoms with Gasteiger partial charge in [-0.05, 0) is 43.0 Å². The Morgan fingerprint density at radius 1 is 1.20 bits per heavy atom.